The summed E-state index contributed by atoms with van der Waals surface area (Å²) in [5, 5.41) is 10.0. The van der Waals surface area contributed by atoms with Gasteiger partial charge >= 0.3 is 5.97 Å². The first-order valence-electron chi connectivity index (χ1n) is 5.15. The molecule has 1 aromatic rings. The average molecular weight is 306 g/mol. The third-order valence-electron chi connectivity index (χ3n) is 2.48. The maximum Gasteiger partial charge on any atom is 0.337 e. The molecule has 0 aliphatic rings. The highest BCUT2D eigenvalue weighted by molar-refractivity contribution is 7.92. The van der Waals surface area contributed by atoms with Crippen molar-refractivity contribution in [2.24, 2.45) is 0 Å². The summed E-state index contributed by atoms with van der Waals surface area (Å²) in [6.45, 7) is 1.25. The Kier molecular flexibility index (Phi) is 4.54. The molecular formula is C11H12ClNO5S. The van der Waals surface area contributed by atoms with E-state index in [0.29, 0.717) is 0 Å². The zero-order chi connectivity index (χ0) is 14.8. The number of carbonyl (C=O) groups excluding carboxylic acids is 1. The Balaban J connectivity index is 2.98. The molecule has 0 aromatic heterocycles. The highest BCUT2D eigenvalue weighted by Crippen LogP contribution is 2.21. The Labute approximate surface area is 115 Å². The number of halogens is 1. The van der Waals surface area contributed by atoms with Crippen molar-refractivity contribution in [3.8, 4) is 0 Å². The van der Waals surface area contributed by atoms with Crippen molar-refractivity contribution in [3.05, 3.63) is 28.8 Å². The largest absolute Gasteiger partial charge is 0.478 e. The van der Waals surface area contributed by atoms with E-state index in [4.69, 9.17) is 16.7 Å². The van der Waals surface area contributed by atoms with Crippen LogP contribution in [0.4, 0.5) is 5.69 Å². The summed E-state index contributed by atoms with van der Waals surface area (Å²) in [6.07, 6.45) is 0.946. The van der Waals surface area contributed by atoms with Gasteiger partial charge in [-0.05, 0) is 25.1 Å². The van der Waals surface area contributed by atoms with Gasteiger partial charge in [0, 0.05) is 11.9 Å². The van der Waals surface area contributed by atoms with Crippen molar-refractivity contribution in [2.75, 3.05) is 11.6 Å². The van der Waals surface area contributed by atoms with E-state index in [0.717, 1.165) is 12.3 Å². The summed E-state index contributed by atoms with van der Waals surface area (Å²) in [5.74, 6) is -1.97. The fourth-order valence-electron chi connectivity index (χ4n) is 1.21. The SMILES string of the molecule is CC(C(=O)Nc1ccc(Cl)c(C(=O)O)c1)S(C)(=O)=O. The Morgan fingerprint density at radius 2 is 1.95 bits per heavy atom. The highest BCUT2D eigenvalue weighted by atomic mass is 35.5. The van der Waals surface area contributed by atoms with Gasteiger partial charge in [-0.1, -0.05) is 11.6 Å². The normalized spacial score (nSPS) is 12.8. The van der Waals surface area contributed by atoms with Crippen LogP contribution >= 0.6 is 11.6 Å². The molecule has 104 valence electrons. The molecule has 0 fully saturated rings. The molecule has 0 aliphatic carbocycles. The topological polar surface area (TPSA) is 101 Å². The van der Waals surface area contributed by atoms with Gasteiger partial charge < -0.3 is 10.4 Å². The lowest BCUT2D eigenvalue weighted by molar-refractivity contribution is -0.115. The molecule has 0 spiro atoms. The number of anilines is 1. The summed E-state index contributed by atoms with van der Waals surface area (Å²) in [7, 11) is -3.51. The monoisotopic (exact) mass is 305 g/mol. The first-order chi connectivity index (χ1) is 8.62. The van der Waals surface area contributed by atoms with Crippen molar-refractivity contribution in [1.82, 2.24) is 0 Å². The Morgan fingerprint density at radius 3 is 2.42 bits per heavy atom. The van der Waals surface area contributed by atoms with E-state index in [9.17, 15) is 18.0 Å². The number of sulfone groups is 1. The smallest absolute Gasteiger partial charge is 0.337 e. The van der Waals surface area contributed by atoms with E-state index in [2.05, 4.69) is 5.32 Å². The standard InChI is InChI=1S/C11H12ClNO5S/c1-6(19(2,17)18)10(14)13-7-3-4-9(12)8(5-7)11(15)16/h3-6H,1-2H3,(H,13,14)(H,15,16). The van der Waals surface area contributed by atoms with Crippen LogP contribution in [-0.4, -0.2) is 36.9 Å². The van der Waals surface area contributed by atoms with Crippen LogP contribution in [0.1, 0.15) is 17.3 Å². The van der Waals surface area contributed by atoms with Crippen LogP contribution in [0.2, 0.25) is 5.02 Å². The third-order valence-corrected chi connectivity index (χ3v) is 4.30. The summed E-state index contributed by atoms with van der Waals surface area (Å²) in [6, 6.07) is 3.87. The van der Waals surface area contributed by atoms with Gasteiger partial charge in [-0.2, -0.15) is 0 Å². The molecule has 1 atom stereocenters. The van der Waals surface area contributed by atoms with Crippen LogP contribution in [0, 0.1) is 0 Å². The second-order valence-corrected chi connectivity index (χ2v) is 6.73. The fourth-order valence-corrected chi connectivity index (χ4v) is 1.85. The maximum absolute atomic E-state index is 11.7. The van der Waals surface area contributed by atoms with Gasteiger partial charge in [0.1, 0.15) is 5.25 Å². The minimum absolute atomic E-state index is 0.0293. The number of amides is 1. The number of aromatic carboxylic acids is 1. The van der Waals surface area contributed by atoms with E-state index < -0.39 is 27.0 Å². The van der Waals surface area contributed by atoms with Crippen LogP contribution in [0.3, 0.4) is 0 Å². The van der Waals surface area contributed by atoms with Crippen molar-refractivity contribution >= 4 is 39.0 Å². The van der Waals surface area contributed by atoms with Gasteiger partial charge in [-0.3, -0.25) is 4.79 Å². The summed E-state index contributed by atoms with van der Waals surface area (Å²) >= 11 is 5.67. The lowest BCUT2D eigenvalue weighted by Crippen LogP contribution is -2.31. The van der Waals surface area contributed by atoms with Gasteiger partial charge in [-0.25, -0.2) is 13.2 Å². The number of benzene rings is 1. The predicted molar refractivity (Wildman–Crippen MR) is 71.3 cm³/mol. The summed E-state index contributed by atoms with van der Waals surface area (Å²) < 4.78 is 22.4. The second-order valence-electron chi connectivity index (χ2n) is 3.96. The van der Waals surface area contributed by atoms with E-state index in [1.807, 2.05) is 0 Å². The van der Waals surface area contributed by atoms with Crippen LogP contribution in [0.25, 0.3) is 0 Å². The molecule has 0 saturated carbocycles. The van der Waals surface area contributed by atoms with Crippen molar-refractivity contribution in [3.63, 3.8) is 0 Å². The molecule has 1 amide bonds. The van der Waals surface area contributed by atoms with Crippen LogP contribution in [0.15, 0.2) is 18.2 Å². The zero-order valence-corrected chi connectivity index (χ0v) is 11.7. The number of hydrogen-bond acceptors (Lipinski definition) is 4. The minimum Gasteiger partial charge on any atom is -0.478 e. The van der Waals surface area contributed by atoms with Gasteiger partial charge in [-0.15, -0.1) is 0 Å². The molecule has 1 unspecified atom stereocenters. The zero-order valence-electron chi connectivity index (χ0n) is 10.2. The van der Waals surface area contributed by atoms with Crippen LogP contribution < -0.4 is 5.32 Å². The minimum atomic E-state index is -3.51. The molecule has 0 heterocycles. The number of carboxylic acids is 1. The first kappa shape index (κ1) is 15.5. The predicted octanol–water partition coefficient (Wildman–Crippen LogP) is 1.41. The van der Waals surface area contributed by atoms with Gasteiger partial charge in [0.25, 0.3) is 0 Å². The fraction of sp³-hybridized carbons (Fsp3) is 0.273. The highest BCUT2D eigenvalue weighted by Gasteiger charge is 2.23. The van der Waals surface area contributed by atoms with Gasteiger partial charge in [0.05, 0.1) is 10.6 Å². The Hall–Kier alpha value is -1.60. The van der Waals surface area contributed by atoms with Crippen LogP contribution in [0.5, 0.6) is 0 Å². The van der Waals surface area contributed by atoms with E-state index in [1.54, 1.807) is 0 Å². The quantitative estimate of drug-likeness (QED) is 0.876. The Bertz CT molecular complexity index is 626. The summed E-state index contributed by atoms with van der Waals surface area (Å²) in [5.41, 5.74) is -0.00576. The molecule has 2 N–H and O–H groups in total. The molecule has 0 radical (unpaired) electrons. The summed E-state index contributed by atoms with van der Waals surface area (Å²) in [4.78, 5) is 22.5. The second kappa shape index (κ2) is 5.58. The maximum atomic E-state index is 11.7. The number of carboxylic acid groups (broad SMARTS) is 1. The number of rotatable bonds is 4. The van der Waals surface area contributed by atoms with Crippen LogP contribution in [-0.2, 0) is 14.6 Å². The van der Waals surface area contributed by atoms with Crippen molar-refractivity contribution in [2.45, 2.75) is 12.2 Å². The molecule has 1 aromatic carbocycles. The molecule has 6 nitrogen and oxygen atoms in total. The molecule has 19 heavy (non-hydrogen) atoms. The van der Waals surface area contributed by atoms with Gasteiger partial charge in [0.2, 0.25) is 5.91 Å². The van der Waals surface area contributed by atoms with E-state index >= 15 is 0 Å². The van der Waals surface area contributed by atoms with Gasteiger partial charge in [0.15, 0.2) is 9.84 Å². The number of nitrogens with one attached hydrogen (secondary N) is 1. The molecular weight excluding hydrogens is 294 g/mol. The number of hydrogen-bond donors (Lipinski definition) is 2. The van der Waals surface area contributed by atoms with E-state index in [1.165, 1.54) is 19.1 Å². The lowest BCUT2D eigenvalue weighted by atomic mass is 10.2. The van der Waals surface area contributed by atoms with E-state index in [-0.39, 0.29) is 16.3 Å². The number of carbonyl (C=O) groups is 2. The molecule has 0 aliphatic heterocycles. The van der Waals surface area contributed by atoms with Crippen molar-refractivity contribution in [1.29, 1.82) is 0 Å². The molecule has 0 saturated heterocycles. The first-order valence-corrected chi connectivity index (χ1v) is 7.48. The average Bonchev–Trinajstić information content (AvgIpc) is 2.29. The molecule has 1 rings (SSSR count). The Morgan fingerprint density at radius 1 is 1.37 bits per heavy atom. The lowest BCUT2D eigenvalue weighted by Gasteiger charge is -2.11. The molecule has 0 bridgehead atoms. The molecule has 8 heteroatoms. The van der Waals surface area contributed by atoms with Crippen molar-refractivity contribution < 1.29 is 23.1 Å². The third kappa shape index (κ3) is 3.93.